The van der Waals surface area contributed by atoms with Crippen molar-refractivity contribution in [1.29, 1.82) is 0 Å². The van der Waals surface area contributed by atoms with Crippen LogP contribution in [0.1, 0.15) is 48.8 Å². The number of nitrogens with one attached hydrogen (secondary N) is 1. The lowest BCUT2D eigenvalue weighted by atomic mass is 9.94. The molecule has 164 valence electrons. The summed E-state index contributed by atoms with van der Waals surface area (Å²) < 4.78 is 1.78. The third-order valence-corrected chi connectivity index (χ3v) is 6.38. The second-order valence-electron chi connectivity index (χ2n) is 8.87. The van der Waals surface area contributed by atoms with Crippen LogP contribution in [0.3, 0.4) is 0 Å². The molecule has 2 aromatic heterocycles. The maximum absolute atomic E-state index is 13.5. The third kappa shape index (κ3) is 4.02. The molecule has 1 aliphatic carbocycles. The largest absolute Gasteiger partial charge is 0.322 e. The Kier molecular flexibility index (Phi) is 5.47. The van der Waals surface area contributed by atoms with Crippen LogP contribution in [0.25, 0.3) is 16.6 Å². The molecular formula is C25H28N6O. The lowest BCUT2D eigenvalue weighted by Crippen LogP contribution is -2.43. The Morgan fingerprint density at radius 1 is 1.06 bits per heavy atom. The fourth-order valence-corrected chi connectivity index (χ4v) is 4.76. The fourth-order valence-electron chi connectivity index (χ4n) is 4.76. The van der Waals surface area contributed by atoms with Gasteiger partial charge >= 0.3 is 6.03 Å². The van der Waals surface area contributed by atoms with Crippen molar-refractivity contribution in [2.75, 3.05) is 5.32 Å². The highest BCUT2D eigenvalue weighted by molar-refractivity contribution is 5.90. The Labute approximate surface area is 187 Å². The van der Waals surface area contributed by atoms with Gasteiger partial charge in [-0.2, -0.15) is 4.52 Å². The van der Waals surface area contributed by atoms with E-state index in [1.165, 1.54) is 12.0 Å². The summed E-state index contributed by atoms with van der Waals surface area (Å²) in [5.41, 5.74) is 5.74. The van der Waals surface area contributed by atoms with Crippen molar-refractivity contribution in [2.45, 2.75) is 58.5 Å². The molecule has 0 bridgehead atoms. The minimum absolute atomic E-state index is 0.0718. The monoisotopic (exact) mass is 428 g/mol. The molecule has 0 spiro atoms. The number of amides is 2. The van der Waals surface area contributed by atoms with E-state index in [0.29, 0.717) is 12.2 Å². The van der Waals surface area contributed by atoms with Crippen molar-refractivity contribution >= 4 is 28.3 Å². The summed E-state index contributed by atoms with van der Waals surface area (Å²) in [6.45, 7) is 4.57. The van der Waals surface area contributed by atoms with Crippen LogP contribution >= 0.6 is 0 Å². The molecule has 7 heteroatoms. The zero-order valence-electron chi connectivity index (χ0n) is 18.6. The number of pyridine rings is 1. The molecule has 1 aliphatic rings. The number of tetrazole rings is 1. The average molecular weight is 429 g/mol. The van der Waals surface area contributed by atoms with Gasteiger partial charge in [0.05, 0.1) is 12.1 Å². The molecule has 0 unspecified atom stereocenters. The summed E-state index contributed by atoms with van der Waals surface area (Å²) in [7, 11) is 0. The fraction of sp³-hybridized carbons (Fsp3) is 0.360. The predicted octanol–water partition coefficient (Wildman–Crippen LogP) is 5.26. The summed E-state index contributed by atoms with van der Waals surface area (Å²) in [6, 6.07) is 16.4. The van der Waals surface area contributed by atoms with Gasteiger partial charge in [0.15, 0.2) is 5.65 Å². The molecule has 1 N–H and O–H groups in total. The molecule has 0 radical (unpaired) electrons. The molecule has 4 aromatic rings. The van der Waals surface area contributed by atoms with E-state index < -0.39 is 0 Å². The van der Waals surface area contributed by atoms with Crippen LogP contribution in [-0.4, -0.2) is 37.0 Å². The number of aryl methyl sites for hydroxylation is 2. The first-order valence-corrected chi connectivity index (χ1v) is 11.3. The number of benzene rings is 2. The molecule has 2 amide bonds. The van der Waals surface area contributed by atoms with Crippen LogP contribution in [0, 0.1) is 13.8 Å². The zero-order chi connectivity index (χ0) is 22.1. The average Bonchev–Trinajstić information content (AvgIpc) is 3.28. The molecule has 2 aromatic carbocycles. The Morgan fingerprint density at radius 3 is 2.69 bits per heavy atom. The Balaban J connectivity index is 1.52. The maximum atomic E-state index is 13.5. The van der Waals surface area contributed by atoms with Crippen molar-refractivity contribution < 1.29 is 4.79 Å². The normalized spacial score (nSPS) is 14.7. The number of hydrogen-bond donors (Lipinski definition) is 1. The van der Waals surface area contributed by atoms with Crippen LogP contribution in [0.4, 0.5) is 10.5 Å². The standard InChI is InChI=1S/C25H28N6O/c1-17-7-6-8-21(14-17)26-25(32)30(22-9-4-3-5-10-22)16-20-15-19-13-18(2)11-12-23(19)31-24(20)27-28-29-31/h6-8,11-15,22H,3-5,9-10,16H2,1-2H3,(H,26,32). The highest BCUT2D eigenvalue weighted by atomic mass is 16.2. The molecule has 7 nitrogen and oxygen atoms in total. The summed E-state index contributed by atoms with van der Waals surface area (Å²) in [5.74, 6) is 0. The van der Waals surface area contributed by atoms with E-state index in [-0.39, 0.29) is 12.1 Å². The van der Waals surface area contributed by atoms with Gasteiger partial charge < -0.3 is 10.2 Å². The number of carbonyl (C=O) groups excluding carboxylic acids is 1. The van der Waals surface area contributed by atoms with E-state index in [2.05, 4.69) is 46.0 Å². The minimum Gasteiger partial charge on any atom is -0.317 e. The second kappa shape index (κ2) is 8.57. The molecule has 5 rings (SSSR count). The van der Waals surface area contributed by atoms with E-state index in [4.69, 9.17) is 0 Å². The van der Waals surface area contributed by atoms with E-state index in [9.17, 15) is 4.79 Å². The molecule has 1 fully saturated rings. The predicted molar refractivity (Wildman–Crippen MR) is 126 cm³/mol. The van der Waals surface area contributed by atoms with Gasteiger partial charge in [-0.1, -0.05) is 43.0 Å². The second-order valence-corrected chi connectivity index (χ2v) is 8.87. The zero-order valence-corrected chi connectivity index (χ0v) is 18.6. The molecule has 0 aliphatic heterocycles. The number of nitrogens with zero attached hydrogens (tertiary/aromatic N) is 5. The number of carbonyl (C=O) groups is 1. The van der Waals surface area contributed by atoms with E-state index in [1.54, 1.807) is 4.52 Å². The smallest absolute Gasteiger partial charge is 0.317 e. The summed E-state index contributed by atoms with van der Waals surface area (Å²) in [6.07, 6.45) is 5.58. The van der Waals surface area contributed by atoms with Crippen LogP contribution in [0.15, 0.2) is 48.5 Å². The van der Waals surface area contributed by atoms with Crippen LogP contribution in [0.2, 0.25) is 0 Å². The Morgan fingerprint density at radius 2 is 1.88 bits per heavy atom. The quantitative estimate of drug-likeness (QED) is 0.481. The summed E-state index contributed by atoms with van der Waals surface area (Å²) in [4.78, 5) is 15.5. The number of anilines is 1. The van der Waals surface area contributed by atoms with Gasteiger partial charge in [-0.15, -0.1) is 5.10 Å². The molecule has 1 saturated carbocycles. The van der Waals surface area contributed by atoms with Gasteiger partial charge in [0.25, 0.3) is 0 Å². The van der Waals surface area contributed by atoms with Crippen molar-refractivity contribution in [3.8, 4) is 0 Å². The first-order valence-electron chi connectivity index (χ1n) is 11.3. The minimum atomic E-state index is -0.0718. The molecule has 0 atom stereocenters. The molecule has 32 heavy (non-hydrogen) atoms. The van der Waals surface area contributed by atoms with Crippen molar-refractivity contribution in [3.63, 3.8) is 0 Å². The van der Waals surface area contributed by atoms with Crippen molar-refractivity contribution in [2.24, 2.45) is 0 Å². The molecule has 2 heterocycles. The topological polar surface area (TPSA) is 75.4 Å². The van der Waals surface area contributed by atoms with Gasteiger partial charge in [0.2, 0.25) is 0 Å². The number of fused-ring (bicyclic) bond motifs is 3. The van der Waals surface area contributed by atoms with Gasteiger partial charge in [-0.3, -0.25) is 0 Å². The van der Waals surface area contributed by atoms with E-state index in [0.717, 1.165) is 53.4 Å². The number of rotatable bonds is 4. The van der Waals surface area contributed by atoms with E-state index >= 15 is 0 Å². The van der Waals surface area contributed by atoms with Gasteiger partial charge in [0, 0.05) is 22.7 Å². The Hall–Kier alpha value is -3.48. The maximum Gasteiger partial charge on any atom is 0.322 e. The highest BCUT2D eigenvalue weighted by Crippen LogP contribution is 2.27. The third-order valence-electron chi connectivity index (χ3n) is 6.38. The summed E-state index contributed by atoms with van der Waals surface area (Å²) in [5, 5.41) is 16.6. The SMILES string of the molecule is Cc1cccc(NC(=O)N(Cc2cc3cc(C)ccc3n3nnnc23)C2CCCCC2)c1. The number of urea groups is 1. The van der Waals surface area contributed by atoms with Gasteiger partial charge in [-0.25, -0.2) is 4.79 Å². The van der Waals surface area contributed by atoms with E-state index in [1.807, 2.05) is 42.2 Å². The lowest BCUT2D eigenvalue weighted by Gasteiger charge is -2.34. The molecule has 0 saturated heterocycles. The first kappa shape index (κ1) is 20.4. The van der Waals surface area contributed by atoms with Crippen LogP contribution in [0.5, 0.6) is 0 Å². The lowest BCUT2D eigenvalue weighted by molar-refractivity contribution is 0.163. The first-order chi connectivity index (χ1) is 15.6. The number of hydrogen-bond acceptors (Lipinski definition) is 4. The van der Waals surface area contributed by atoms with Crippen LogP contribution in [-0.2, 0) is 6.54 Å². The highest BCUT2D eigenvalue weighted by Gasteiger charge is 2.27. The summed E-state index contributed by atoms with van der Waals surface area (Å²) >= 11 is 0. The molecular weight excluding hydrogens is 400 g/mol. The van der Waals surface area contributed by atoms with Crippen LogP contribution < -0.4 is 5.32 Å². The van der Waals surface area contributed by atoms with Gasteiger partial charge in [0.1, 0.15) is 0 Å². The van der Waals surface area contributed by atoms with Gasteiger partial charge in [-0.05, 0) is 73.0 Å². The van der Waals surface area contributed by atoms with Crippen molar-refractivity contribution in [3.05, 3.63) is 65.2 Å². The van der Waals surface area contributed by atoms with Crippen molar-refractivity contribution in [1.82, 2.24) is 24.9 Å². The number of aromatic nitrogens is 4. The Bertz CT molecular complexity index is 1270.